The maximum atomic E-state index is 13.3. The topological polar surface area (TPSA) is 110 Å². The molecule has 8 nitrogen and oxygen atoms in total. The number of benzene rings is 3. The highest BCUT2D eigenvalue weighted by Crippen LogP contribution is 2.29. The van der Waals surface area contributed by atoms with E-state index in [0.29, 0.717) is 30.6 Å². The van der Waals surface area contributed by atoms with E-state index < -0.39 is 20.9 Å². The Balaban J connectivity index is 1.53. The molecule has 166 valence electrons. The van der Waals surface area contributed by atoms with Gasteiger partial charge in [-0.25, -0.2) is 8.42 Å². The molecule has 0 radical (unpaired) electrons. The van der Waals surface area contributed by atoms with E-state index in [1.807, 2.05) is 24.3 Å². The Labute approximate surface area is 186 Å². The first-order chi connectivity index (χ1) is 15.3. The van der Waals surface area contributed by atoms with E-state index in [1.165, 1.54) is 16.4 Å². The van der Waals surface area contributed by atoms with Crippen molar-refractivity contribution in [3.05, 3.63) is 76.3 Å². The molecule has 9 heteroatoms. The van der Waals surface area contributed by atoms with Gasteiger partial charge in [-0.1, -0.05) is 36.4 Å². The third kappa shape index (κ3) is 4.21. The number of nitrogens with zero attached hydrogens (tertiary/aromatic N) is 2. The number of hydrogen-bond donors (Lipinski definition) is 1. The number of amides is 1. The van der Waals surface area contributed by atoms with Crippen LogP contribution < -0.4 is 5.32 Å². The number of carbonyl (C=O) groups is 1. The monoisotopic (exact) mass is 453 g/mol. The van der Waals surface area contributed by atoms with E-state index in [9.17, 15) is 23.3 Å². The molecule has 0 saturated carbocycles. The van der Waals surface area contributed by atoms with Gasteiger partial charge < -0.3 is 5.32 Å². The summed E-state index contributed by atoms with van der Waals surface area (Å²) in [6.07, 6.45) is 1.10. The van der Waals surface area contributed by atoms with Gasteiger partial charge in [0.25, 0.3) is 5.69 Å². The summed E-state index contributed by atoms with van der Waals surface area (Å²) in [5, 5.41) is 15.7. The Kier molecular flexibility index (Phi) is 5.94. The quantitative estimate of drug-likeness (QED) is 0.462. The first kappa shape index (κ1) is 21.9. The zero-order valence-electron chi connectivity index (χ0n) is 17.5. The highest BCUT2D eigenvalue weighted by atomic mass is 32.2. The Hall–Kier alpha value is -3.30. The van der Waals surface area contributed by atoms with Crippen molar-refractivity contribution in [1.82, 2.24) is 4.31 Å². The van der Waals surface area contributed by atoms with Crippen molar-refractivity contribution < 1.29 is 18.1 Å². The van der Waals surface area contributed by atoms with Crippen LogP contribution in [0.15, 0.2) is 65.6 Å². The van der Waals surface area contributed by atoms with Crippen molar-refractivity contribution in [1.29, 1.82) is 0 Å². The van der Waals surface area contributed by atoms with E-state index in [4.69, 9.17) is 0 Å². The second-order valence-electron chi connectivity index (χ2n) is 7.91. The molecule has 1 N–H and O–H groups in total. The number of piperidine rings is 1. The van der Waals surface area contributed by atoms with Crippen LogP contribution in [0.3, 0.4) is 0 Å². The lowest BCUT2D eigenvalue weighted by atomic mass is 9.98. The number of fused-ring (bicyclic) bond motifs is 1. The van der Waals surface area contributed by atoms with Crippen LogP contribution >= 0.6 is 0 Å². The molecule has 0 bridgehead atoms. The van der Waals surface area contributed by atoms with Gasteiger partial charge in [-0.05, 0) is 48.7 Å². The van der Waals surface area contributed by atoms with Gasteiger partial charge in [0.05, 0.1) is 27.0 Å². The van der Waals surface area contributed by atoms with Crippen LogP contribution in [-0.4, -0.2) is 36.6 Å². The maximum absolute atomic E-state index is 13.3. The summed E-state index contributed by atoms with van der Waals surface area (Å²) in [5.74, 6) is -0.885. The van der Waals surface area contributed by atoms with Gasteiger partial charge in [-0.2, -0.15) is 4.31 Å². The third-order valence-corrected chi connectivity index (χ3v) is 7.73. The van der Waals surface area contributed by atoms with Crippen LogP contribution in [-0.2, 0) is 14.8 Å². The zero-order chi connectivity index (χ0) is 22.9. The number of hydrogen-bond acceptors (Lipinski definition) is 5. The van der Waals surface area contributed by atoms with E-state index >= 15 is 0 Å². The van der Waals surface area contributed by atoms with Gasteiger partial charge >= 0.3 is 0 Å². The maximum Gasteiger partial charge on any atom is 0.274 e. The van der Waals surface area contributed by atoms with Gasteiger partial charge in [0.2, 0.25) is 15.9 Å². The Morgan fingerprint density at radius 3 is 2.59 bits per heavy atom. The predicted octanol–water partition coefficient (Wildman–Crippen LogP) is 4.10. The van der Waals surface area contributed by atoms with Gasteiger partial charge in [0, 0.05) is 19.2 Å². The van der Waals surface area contributed by atoms with Gasteiger partial charge in [-0.3, -0.25) is 14.9 Å². The van der Waals surface area contributed by atoms with E-state index in [0.717, 1.165) is 10.8 Å². The van der Waals surface area contributed by atoms with Gasteiger partial charge in [0.15, 0.2) is 0 Å². The molecule has 1 heterocycles. The molecule has 1 aliphatic heterocycles. The largest absolute Gasteiger partial charge is 0.325 e. The minimum absolute atomic E-state index is 0.0645. The third-order valence-electron chi connectivity index (χ3n) is 5.87. The fraction of sp³-hybridized carbons (Fsp3) is 0.261. The molecule has 0 unspecified atom stereocenters. The van der Waals surface area contributed by atoms with Crippen molar-refractivity contribution in [2.24, 2.45) is 5.92 Å². The lowest BCUT2D eigenvalue weighted by Crippen LogP contribution is -2.43. The van der Waals surface area contributed by atoms with Crippen molar-refractivity contribution in [2.45, 2.75) is 24.7 Å². The molecule has 1 fully saturated rings. The number of nitro benzene ring substituents is 1. The standard InChI is InChI=1S/C23H23N3O5S/c1-16-21(9-4-10-22(16)26(28)29)24-23(27)19-8-5-13-25(15-19)32(30,31)20-12-11-17-6-2-3-7-18(17)14-20/h2-4,6-7,9-12,14,19H,5,8,13,15H2,1H3,(H,24,27)/t19-/m1/s1. The lowest BCUT2D eigenvalue weighted by molar-refractivity contribution is -0.385. The Morgan fingerprint density at radius 1 is 1.09 bits per heavy atom. The highest BCUT2D eigenvalue weighted by molar-refractivity contribution is 7.89. The van der Waals surface area contributed by atoms with E-state index in [2.05, 4.69) is 5.32 Å². The molecular formula is C23H23N3O5S. The minimum Gasteiger partial charge on any atom is -0.325 e. The highest BCUT2D eigenvalue weighted by Gasteiger charge is 2.33. The number of nitro groups is 1. The minimum atomic E-state index is -3.75. The molecular weight excluding hydrogens is 430 g/mol. The van der Waals surface area contributed by atoms with Crippen LogP contribution in [0.4, 0.5) is 11.4 Å². The van der Waals surface area contributed by atoms with Crippen molar-refractivity contribution in [3.8, 4) is 0 Å². The summed E-state index contributed by atoms with van der Waals surface area (Å²) >= 11 is 0. The van der Waals surface area contributed by atoms with Crippen LogP contribution in [0.1, 0.15) is 18.4 Å². The molecule has 0 aromatic heterocycles. The van der Waals surface area contributed by atoms with Crippen molar-refractivity contribution in [2.75, 3.05) is 18.4 Å². The molecule has 1 atom stereocenters. The number of rotatable bonds is 5. The summed E-state index contributed by atoms with van der Waals surface area (Å²) in [7, 11) is -3.75. The smallest absolute Gasteiger partial charge is 0.274 e. The fourth-order valence-electron chi connectivity index (χ4n) is 4.04. The fourth-order valence-corrected chi connectivity index (χ4v) is 5.60. The van der Waals surface area contributed by atoms with Gasteiger partial charge in [0.1, 0.15) is 0 Å². The number of nitrogens with one attached hydrogen (secondary N) is 1. The number of anilines is 1. The predicted molar refractivity (Wildman–Crippen MR) is 122 cm³/mol. The average molecular weight is 454 g/mol. The first-order valence-corrected chi connectivity index (χ1v) is 11.8. The molecule has 0 spiro atoms. The Morgan fingerprint density at radius 2 is 1.84 bits per heavy atom. The summed E-state index contributed by atoms with van der Waals surface area (Å²) in [6, 6.07) is 17.1. The van der Waals surface area contributed by atoms with Crippen molar-refractivity contribution >= 4 is 38.1 Å². The summed E-state index contributed by atoms with van der Waals surface area (Å²) < 4.78 is 27.9. The Bertz CT molecular complexity index is 1310. The molecule has 1 amide bonds. The molecule has 4 rings (SSSR count). The second-order valence-corrected chi connectivity index (χ2v) is 9.85. The SMILES string of the molecule is Cc1c(NC(=O)[C@@H]2CCCN(S(=O)(=O)c3ccc4ccccc4c3)C2)cccc1[N+](=O)[O-]. The van der Waals surface area contributed by atoms with Crippen LogP contribution in [0.2, 0.25) is 0 Å². The molecule has 3 aromatic carbocycles. The van der Waals surface area contributed by atoms with Crippen LogP contribution in [0.25, 0.3) is 10.8 Å². The van der Waals surface area contributed by atoms with Crippen molar-refractivity contribution in [3.63, 3.8) is 0 Å². The first-order valence-electron chi connectivity index (χ1n) is 10.3. The summed E-state index contributed by atoms with van der Waals surface area (Å²) in [4.78, 5) is 23.7. The average Bonchev–Trinajstić information content (AvgIpc) is 2.80. The molecule has 1 saturated heterocycles. The van der Waals surface area contributed by atoms with Crippen LogP contribution in [0.5, 0.6) is 0 Å². The molecule has 0 aliphatic carbocycles. The van der Waals surface area contributed by atoms with Crippen LogP contribution in [0, 0.1) is 23.0 Å². The lowest BCUT2D eigenvalue weighted by Gasteiger charge is -2.31. The van der Waals surface area contributed by atoms with E-state index in [-0.39, 0.29) is 23.0 Å². The zero-order valence-corrected chi connectivity index (χ0v) is 18.3. The molecule has 1 aliphatic rings. The second kappa shape index (κ2) is 8.68. The number of sulfonamides is 1. The normalized spacial score (nSPS) is 17.2. The summed E-state index contributed by atoms with van der Waals surface area (Å²) in [5.41, 5.74) is 0.646. The molecule has 32 heavy (non-hydrogen) atoms. The summed E-state index contributed by atoms with van der Waals surface area (Å²) in [6.45, 7) is 1.98. The van der Waals surface area contributed by atoms with E-state index in [1.54, 1.807) is 31.2 Å². The molecule has 3 aromatic rings. The van der Waals surface area contributed by atoms with Gasteiger partial charge in [-0.15, -0.1) is 0 Å². The number of carbonyl (C=O) groups excluding carboxylic acids is 1.